The average Bonchev–Trinajstić information content (AvgIpc) is 3.25. The second kappa shape index (κ2) is 10.3. The number of piperazine rings is 1. The molecule has 2 aromatic rings. The third-order valence-electron chi connectivity index (χ3n) is 6.85. The first-order valence-corrected chi connectivity index (χ1v) is 13.6. The van der Waals surface area contributed by atoms with Crippen molar-refractivity contribution in [1.82, 2.24) is 24.8 Å². The number of carbonyl (C=O) groups is 3. The monoisotopic (exact) mass is 504 g/mol. The summed E-state index contributed by atoms with van der Waals surface area (Å²) in [5, 5.41) is 6.82. The molecule has 0 radical (unpaired) electrons. The Morgan fingerprint density at radius 3 is 2.57 bits per heavy atom. The number of amides is 3. The van der Waals surface area contributed by atoms with Crippen molar-refractivity contribution in [2.45, 2.75) is 31.3 Å². The zero-order chi connectivity index (χ0) is 25.2. The van der Waals surface area contributed by atoms with Gasteiger partial charge in [0, 0.05) is 49.1 Å². The highest BCUT2D eigenvalue weighted by atomic mass is 32.2. The Hall–Kier alpha value is -2.96. The summed E-state index contributed by atoms with van der Waals surface area (Å²) in [4.78, 5) is 43.6. The van der Waals surface area contributed by atoms with E-state index in [0.29, 0.717) is 25.9 Å². The van der Waals surface area contributed by atoms with Gasteiger partial charge < -0.3 is 26.3 Å². The molecule has 3 heterocycles. The van der Waals surface area contributed by atoms with Gasteiger partial charge in [-0.1, -0.05) is 18.2 Å². The van der Waals surface area contributed by atoms with Gasteiger partial charge in [0.05, 0.1) is 6.26 Å². The second-order valence-corrected chi connectivity index (χ2v) is 11.2. The van der Waals surface area contributed by atoms with Gasteiger partial charge >= 0.3 is 0 Å². The van der Waals surface area contributed by atoms with Gasteiger partial charge in [-0.3, -0.25) is 14.4 Å². The number of nitrogens with zero attached hydrogens (tertiary/aromatic N) is 2. The van der Waals surface area contributed by atoms with Crippen molar-refractivity contribution >= 4 is 38.6 Å². The quantitative estimate of drug-likeness (QED) is 0.385. The van der Waals surface area contributed by atoms with Crippen LogP contribution in [0.5, 0.6) is 0 Å². The lowest BCUT2D eigenvalue weighted by Gasteiger charge is -2.41. The highest BCUT2D eigenvalue weighted by Crippen LogP contribution is 2.22. The number of aromatic nitrogens is 1. The number of para-hydroxylation sites is 1. The maximum absolute atomic E-state index is 13.4. The lowest BCUT2D eigenvalue weighted by Crippen LogP contribution is -2.64. The van der Waals surface area contributed by atoms with E-state index in [9.17, 15) is 22.8 Å². The van der Waals surface area contributed by atoms with Crippen LogP contribution in [0.4, 0.5) is 0 Å². The van der Waals surface area contributed by atoms with Gasteiger partial charge in [0.15, 0.2) is 0 Å². The van der Waals surface area contributed by atoms with Gasteiger partial charge in [-0.2, -0.15) is 4.31 Å². The fourth-order valence-corrected chi connectivity index (χ4v) is 5.69. The topological polar surface area (TPSA) is 158 Å². The maximum atomic E-state index is 13.4. The number of fused-ring (bicyclic) bond motifs is 1. The zero-order valence-corrected chi connectivity index (χ0v) is 20.5. The van der Waals surface area contributed by atoms with E-state index in [1.807, 2.05) is 24.3 Å². The van der Waals surface area contributed by atoms with Crippen LogP contribution in [-0.2, 0) is 30.8 Å². The summed E-state index contributed by atoms with van der Waals surface area (Å²) in [5.74, 6) is -1.69. The Bertz CT molecular complexity index is 1210. The van der Waals surface area contributed by atoms with Gasteiger partial charge in [-0.25, -0.2) is 8.42 Å². The first kappa shape index (κ1) is 25.1. The molecule has 0 spiro atoms. The molecule has 0 bridgehead atoms. The van der Waals surface area contributed by atoms with Crippen molar-refractivity contribution in [3.63, 3.8) is 0 Å². The summed E-state index contributed by atoms with van der Waals surface area (Å²) in [6.45, 7) is 1.49. The Morgan fingerprint density at radius 1 is 1.17 bits per heavy atom. The van der Waals surface area contributed by atoms with E-state index < -0.39 is 33.9 Å². The molecule has 0 aliphatic carbocycles. The largest absolute Gasteiger partial charge is 0.368 e. The lowest BCUT2D eigenvalue weighted by atomic mass is 9.95. The van der Waals surface area contributed by atoms with Crippen molar-refractivity contribution in [1.29, 1.82) is 0 Å². The standard InChI is InChI=1S/C23H32N6O5S/c1-35(33,34)28-10-11-29(23(32)15-6-8-25-9-7-15)20(14-28)22(31)27-19(21(24)30)12-16-13-26-18-5-3-2-4-17(16)18/h2-5,13,15,19-20,25-26H,6-12,14H2,1H3,(H2,24,30)(H,27,31)/t19-,20-/m1/s1. The van der Waals surface area contributed by atoms with E-state index in [0.717, 1.165) is 22.7 Å². The van der Waals surface area contributed by atoms with Gasteiger partial charge in [-0.15, -0.1) is 0 Å². The second-order valence-electron chi connectivity index (χ2n) is 9.22. The highest BCUT2D eigenvalue weighted by Gasteiger charge is 2.41. The number of piperidine rings is 1. The van der Waals surface area contributed by atoms with Gasteiger partial charge in [0.2, 0.25) is 27.7 Å². The fourth-order valence-electron chi connectivity index (χ4n) is 4.86. The van der Waals surface area contributed by atoms with E-state index in [1.54, 1.807) is 6.20 Å². The van der Waals surface area contributed by atoms with Crippen LogP contribution in [0.25, 0.3) is 10.9 Å². The summed E-state index contributed by atoms with van der Waals surface area (Å²) in [6.07, 6.45) is 4.32. The number of benzene rings is 1. The first-order valence-electron chi connectivity index (χ1n) is 11.8. The van der Waals surface area contributed by atoms with Crippen LogP contribution < -0.4 is 16.4 Å². The summed E-state index contributed by atoms with van der Waals surface area (Å²) in [5.41, 5.74) is 7.33. The Morgan fingerprint density at radius 2 is 1.89 bits per heavy atom. The van der Waals surface area contributed by atoms with Crippen molar-refractivity contribution in [2.75, 3.05) is 39.0 Å². The number of nitrogens with two attached hydrogens (primary N) is 1. The molecule has 0 unspecified atom stereocenters. The molecule has 1 aromatic carbocycles. The number of nitrogens with one attached hydrogen (secondary N) is 3. The molecule has 11 nitrogen and oxygen atoms in total. The zero-order valence-electron chi connectivity index (χ0n) is 19.7. The van der Waals surface area contributed by atoms with Crippen LogP contribution in [0.15, 0.2) is 30.5 Å². The summed E-state index contributed by atoms with van der Waals surface area (Å²) in [7, 11) is -3.57. The van der Waals surface area contributed by atoms with E-state index in [1.165, 1.54) is 9.21 Å². The fraction of sp³-hybridized carbons (Fsp3) is 0.522. The third-order valence-corrected chi connectivity index (χ3v) is 8.11. The van der Waals surface area contributed by atoms with E-state index >= 15 is 0 Å². The SMILES string of the molecule is CS(=O)(=O)N1CCN(C(=O)C2CCNCC2)[C@@H](C(=O)N[C@H](Cc2c[nH]c3ccccc23)C(N)=O)C1. The first-order chi connectivity index (χ1) is 16.6. The molecule has 2 aliphatic heterocycles. The molecule has 5 N–H and O–H groups in total. The number of hydrogen-bond acceptors (Lipinski definition) is 6. The molecule has 2 atom stereocenters. The van der Waals surface area contributed by atoms with E-state index in [-0.39, 0.29) is 37.9 Å². The number of carbonyl (C=O) groups excluding carboxylic acids is 3. The molecule has 35 heavy (non-hydrogen) atoms. The molecule has 2 aliphatic rings. The molecule has 3 amide bonds. The number of hydrogen-bond donors (Lipinski definition) is 4. The van der Waals surface area contributed by atoms with Gasteiger partial charge in [-0.05, 0) is 37.6 Å². The average molecular weight is 505 g/mol. The third kappa shape index (κ3) is 5.65. The maximum Gasteiger partial charge on any atom is 0.244 e. The minimum absolute atomic E-state index is 0.109. The summed E-state index contributed by atoms with van der Waals surface area (Å²) < 4.78 is 25.6. The van der Waals surface area contributed by atoms with Crippen LogP contribution in [-0.4, -0.2) is 91.4 Å². The minimum Gasteiger partial charge on any atom is -0.368 e. The highest BCUT2D eigenvalue weighted by molar-refractivity contribution is 7.88. The van der Waals surface area contributed by atoms with Crippen molar-refractivity contribution in [3.8, 4) is 0 Å². The molecular formula is C23H32N6O5S. The number of H-pyrrole nitrogens is 1. The van der Waals surface area contributed by atoms with Crippen LogP contribution >= 0.6 is 0 Å². The summed E-state index contributed by atoms with van der Waals surface area (Å²) >= 11 is 0. The smallest absolute Gasteiger partial charge is 0.244 e. The van der Waals surface area contributed by atoms with Crippen LogP contribution in [0.1, 0.15) is 18.4 Å². The predicted molar refractivity (Wildman–Crippen MR) is 131 cm³/mol. The molecule has 0 saturated carbocycles. The van der Waals surface area contributed by atoms with Crippen LogP contribution in [0.3, 0.4) is 0 Å². The Balaban J connectivity index is 1.55. The van der Waals surface area contributed by atoms with Crippen LogP contribution in [0.2, 0.25) is 0 Å². The molecule has 2 saturated heterocycles. The van der Waals surface area contributed by atoms with Crippen molar-refractivity contribution < 1.29 is 22.8 Å². The molecule has 190 valence electrons. The van der Waals surface area contributed by atoms with E-state index in [4.69, 9.17) is 5.73 Å². The van der Waals surface area contributed by atoms with Gasteiger partial charge in [0.25, 0.3) is 0 Å². The minimum atomic E-state index is -3.57. The number of rotatable bonds is 7. The predicted octanol–water partition coefficient (Wildman–Crippen LogP) is -0.847. The van der Waals surface area contributed by atoms with E-state index in [2.05, 4.69) is 15.6 Å². The normalized spacial score (nSPS) is 21.1. The van der Waals surface area contributed by atoms with Gasteiger partial charge in [0.1, 0.15) is 12.1 Å². The number of sulfonamides is 1. The molecule has 12 heteroatoms. The van der Waals surface area contributed by atoms with Crippen molar-refractivity contribution in [3.05, 3.63) is 36.0 Å². The van der Waals surface area contributed by atoms with Crippen LogP contribution in [0, 0.1) is 5.92 Å². The molecule has 1 aromatic heterocycles. The summed E-state index contributed by atoms with van der Waals surface area (Å²) in [6, 6.07) is 5.51. The van der Waals surface area contributed by atoms with Crippen molar-refractivity contribution in [2.24, 2.45) is 11.7 Å². The number of primary amides is 1. The molecule has 4 rings (SSSR count). The number of aromatic amines is 1. The molecular weight excluding hydrogens is 472 g/mol. The lowest BCUT2D eigenvalue weighted by molar-refractivity contribution is -0.147. The molecule has 2 fully saturated rings. The Labute approximate surface area is 204 Å². The Kier molecular flexibility index (Phi) is 7.43.